The number of benzene rings is 1. The molecule has 1 atom stereocenters. The molecule has 0 saturated carbocycles. The summed E-state index contributed by atoms with van der Waals surface area (Å²) < 4.78 is 11.3. The molecule has 1 heterocycles. The van der Waals surface area contributed by atoms with Crippen molar-refractivity contribution in [3.63, 3.8) is 0 Å². The summed E-state index contributed by atoms with van der Waals surface area (Å²) >= 11 is 6.02. The predicted octanol–water partition coefficient (Wildman–Crippen LogP) is 3.32. The lowest BCUT2D eigenvalue weighted by Gasteiger charge is -2.25. The third kappa shape index (κ3) is 5.59. The molecule has 2 amide bonds. The van der Waals surface area contributed by atoms with Crippen LogP contribution in [0.1, 0.15) is 26.2 Å². The van der Waals surface area contributed by atoms with Crippen molar-refractivity contribution < 1.29 is 14.3 Å². The number of carbonyl (C=O) groups is 1. The molecule has 128 valence electrons. The highest BCUT2D eigenvalue weighted by Crippen LogP contribution is 2.24. The Labute approximate surface area is 142 Å². The van der Waals surface area contributed by atoms with Gasteiger partial charge < -0.3 is 19.7 Å². The third-order valence-electron chi connectivity index (χ3n) is 3.99. The maximum atomic E-state index is 12.1. The van der Waals surface area contributed by atoms with Crippen molar-refractivity contribution in [2.75, 3.05) is 33.4 Å². The van der Waals surface area contributed by atoms with Gasteiger partial charge in [-0.1, -0.05) is 23.7 Å². The van der Waals surface area contributed by atoms with Gasteiger partial charge in [0.25, 0.3) is 0 Å². The van der Waals surface area contributed by atoms with Crippen molar-refractivity contribution in [3.8, 4) is 5.75 Å². The Morgan fingerprint density at radius 2 is 2.26 bits per heavy atom. The molecule has 1 fully saturated rings. The minimum Gasteiger partial charge on any atom is -0.492 e. The SMILES string of the molecule is CN(CCCOc1ccccc1Cl)C(=O)NCC1(C)CCCO1. The summed E-state index contributed by atoms with van der Waals surface area (Å²) in [5.41, 5.74) is -0.219. The highest BCUT2D eigenvalue weighted by atomic mass is 35.5. The lowest BCUT2D eigenvalue weighted by molar-refractivity contribution is 0.0221. The van der Waals surface area contributed by atoms with E-state index in [1.54, 1.807) is 18.0 Å². The summed E-state index contributed by atoms with van der Waals surface area (Å²) in [6.07, 6.45) is 2.78. The van der Waals surface area contributed by atoms with Gasteiger partial charge in [-0.3, -0.25) is 0 Å². The first kappa shape index (κ1) is 17.9. The number of hydrogen-bond acceptors (Lipinski definition) is 3. The molecule has 2 rings (SSSR count). The van der Waals surface area contributed by atoms with E-state index < -0.39 is 0 Å². The molecule has 0 bridgehead atoms. The maximum absolute atomic E-state index is 12.1. The minimum absolute atomic E-state index is 0.0838. The minimum atomic E-state index is -0.219. The van der Waals surface area contributed by atoms with Crippen LogP contribution in [0.25, 0.3) is 0 Å². The predicted molar refractivity (Wildman–Crippen MR) is 91.2 cm³/mol. The van der Waals surface area contributed by atoms with Gasteiger partial charge in [-0.15, -0.1) is 0 Å². The van der Waals surface area contributed by atoms with Crippen LogP contribution in [-0.2, 0) is 4.74 Å². The zero-order valence-corrected chi connectivity index (χ0v) is 14.6. The fourth-order valence-corrected chi connectivity index (χ4v) is 2.71. The largest absolute Gasteiger partial charge is 0.492 e. The summed E-state index contributed by atoms with van der Waals surface area (Å²) in [5.74, 6) is 0.674. The first-order valence-electron chi connectivity index (χ1n) is 8.00. The second-order valence-electron chi connectivity index (χ2n) is 6.11. The van der Waals surface area contributed by atoms with Crippen LogP contribution in [0.4, 0.5) is 4.79 Å². The van der Waals surface area contributed by atoms with Gasteiger partial charge in [0.2, 0.25) is 0 Å². The number of urea groups is 1. The highest BCUT2D eigenvalue weighted by Gasteiger charge is 2.30. The normalized spacial score (nSPS) is 20.3. The van der Waals surface area contributed by atoms with Crippen LogP contribution in [0.5, 0.6) is 5.75 Å². The van der Waals surface area contributed by atoms with Crippen LogP contribution in [0, 0.1) is 0 Å². The highest BCUT2D eigenvalue weighted by molar-refractivity contribution is 6.32. The molecule has 1 aliphatic heterocycles. The summed E-state index contributed by atoms with van der Waals surface area (Å²) in [7, 11) is 1.78. The zero-order valence-electron chi connectivity index (χ0n) is 13.8. The molecule has 0 spiro atoms. The quantitative estimate of drug-likeness (QED) is 0.775. The Bertz CT molecular complexity index is 518. The molecule has 0 aliphatic carbocycles. The van der Waals surface area contributed by atoms with Gasteiger partial charge in [0.05, 0.1) is 17.2 Å². The van der Waals surface area contributed by atoms with Gasteiger partial charge in [0.15, 0.2) is 0 Å². The van der Waals surface area contributed by atoms with E-state index in [4.69, 9.17) is 21.1 Å². The number of carbonyl (C=O) groups excluding carboxylic acids is 1. The molecule has 23 heavy (non-hydrogen) atoms. The van der Waals surface area contributed by atoms with Crippen LogP contribution >= 0.6 is 11.6 Å². The maximum Gasteiger partial charge on any atom is 0.317 e. The molecule has 0 aromatic heterocycles. The summed E-state index contributed by atoms with van der Waals surface area (Å²) in [5, 5.41) is 3.53. The monoisotopic (exact) mass is 340 g/mol. The summed E-state index contributed by atoms with van der Waals surface area (Å²) in [4.78, 5) is 13.7. The molecular weight excluding hydrogens is 316 g/mol. The number of hydrogen-bond donors (Lipinski definition) is 1. The first-order valence-corrected chi connectivity index (χ1v) is 8.38. The van der Waals surface area contributed by atoms with Gasteiger partial charge in [0.1, 0.15) is 5.75 Å². The molecule has 1 N–H and O–H groups in total. The van der Waals surface area contributed by atoms with E-state index in [1.807, 2.05) is 25.1 Å². The Balaban J connectivity index is 1.63. The average molecular weight is 341 g/mol. The summed E-state index contributed by atoms with van der Waals surface area (Å²) in [6, 6.07) is 7.29. The molecule has 0 radical (unpaired) electrons. The Morgan fingerprint density at radius 3 is 2.96 bits per heavy atom. The van der Waals surface area contributed by atoms with Crippen LogP contribution < -0.4 is 10.1 Å². The number of ether oxygens (including phenoxy) is 2. The number of halogens is 1. The summed E-state index contributed by atoms with van der Waals surface area (Å²) in [6.45, 7) is 4.50. The van der Waals surface area contributed by atoms with Crippen LogP contribution in [-0.4, -0.2) is 49.9 Å². The number of nitrogens with zero attached hydrogens (tertiary/aromatic N) is 1. The van der Waals surface area contributed by atoms with Crippen molar-refractivity contribution in [1.82, 2.24) is 10.2 Å². The van der Waals surface area contributed by atoms with Crippen molar-refractivity contribution in [3.05, 3.63) is 29.3 Å². The van der Waals surface area contributed by atoms with E-state index in [1.165, 1.54) is 0 Å². The lowest BCUT2D eigenvalue weighted by Crippen LogP contribution is -2.45. The number of amides is 2. The molecule has 1 aliphatic rings. The topological polar surface area (TPSA) is 50.8 Å². The molecule has 1 aromatic carbocycles. The smallest absolute Gasteiger partial charge is 0.317 e. The standard InChI is InChI=1S/C17H25ClN2O3/c1-17(9-5-12-23-17)13-19-16(21)20(2)10-6-11-22-15-8-4-3-7-14(15)18/h3-4,7-8H,5-6,9-13H2,1-2H3,(H,19,21). The average Bonchev–Trinajstić information content (AvgIpc) is 2.97. The van der Waals surface area contributed by atoms with Crippen LogP contribution in [0.2, 0.25) is 5.02 Å². The Morgan fingerprint density at radius 1 is 1.48 bits per heavy atom. The fourth-order valence-electron chi connectivity index (χ4n) is 2.52. The van der Waals surface area contributed by atoms with Crippen molar-refractivity contribution in [1.29, 1.82) is 0 Å². The van der Waals surface area contributed by atoms with E-state index in [-0.39, 0.29) is 11.6 Å². The van der Waals surface area contributed by atoms with Crippen molar-refractivity contribution in [2.45, 2.75) is 31.8 Å². The second kappa shape index (κ2) is 8.41. The second-order valence-corrected chi connectivity index (χ2v) is 6.52. The van der Waals surface area contributed by atoms with Crippen molar-refractivity contribution >= 4 is 17.6 Å². The zero-order chi connectivity index (χ0) is 16.7. The van der Waals surface area contributed by atoms with E-state index >= 15 is 0 Å². The van der Waals surface area contributed by atoms with Gasteiger partial charge in [0, 0.05) is 26.7 Å². The first-order chi connectivity index (χ1) is 11.0. The number of rotatable bonds is 7. The van der Waals surface area contributed by atoms with E-state index in [2.05, 4.69) is 5.32 Å². The van der Waals surface area contributed by atoms with E-state index in [0.717, 1.165) is 25.9 Å². The molecule has 1 unspecified atom stereocenters. The Kier molecular flexibility index (Phi) is 6.54. The number of para-hydroxylation sites is 1. The van der Waals surface area contributed by atoms with E-state index in [9.17, 15) is 4.79 Å². The van der Waals surface area contributed by atoms with Crippen LogP contribution in [0.15, 0.2) is 24.3 Å². The van der Waals surface area contributed by atoms with E-state index in [0.29, 0.717) is 30.5 Å². The number of nitrogens with one attached hydrogen (secondary N) is 1. The van der Waals surface area contributed by atoms with Gasteiger partial charge in [-0.25, -0.2) is 4.79 Å². The fraction of sp³-hybridized carbons (Fsp3) is 0.588. The third-order valence-corrected chi connectivity index (χ3v) is 4.31. The molecule has 1 saturated heterocycles. The van der Waals surface area contributed by atoms with Gasteiger partial charge in [-0.2, -0.15) is 0 Å². The van der Waals surface area contributed by atoms with Gasteiger partial charge >= 0.3 is 6.03 Å². The molecule has 5 nitrogen and oxygen atoms in total. The Hall–Kier alpha value is -1.46. The molecule has 6 heteroatoms. The van der Waals surface area contributed by atoms with Gasteiger partial charge in [-0.05, 0) is 38.3 Å². The molecular formula is C17H25ClN2O3. The van der Waals surface area contributed by atoms with Crippen LogP contribution in [0.3, 0.4) is 0 Å². The van der Waals surface area contributed by atoms with Crippen molar-refractivity contribution in [2.24, 2.45) is 0 Å². The molecule has 1 aromatic rings. The lowest BCUT2D eigenvalue weighted by atomic mass is 10.0.